The van der Waals surface area contributed by atoms with Crippen LogP contribution in [0.3, 0.4) is 0 Å². The van der Waals surface area contributed by atoms with Gasteiger partial charge in [-0.05, 0) is 25.0 Å². The second-order valence-electron chi connectivity index (χ2n) is 3.78. The molecule has 0 heterocycles. The van der Waals surface area contributed by atoms with E-state index in [1.807, 2.05) is 24.3 Å². The fraction of sp³-hybridized carbons (Fsp3) is 0.417. The van der Waals surface area contributed by atoms with Crippen LogP contribution in [0.15, 0.2) is 24.3 Å². The van der Waals surface area contributed by atoms with Gasteiger partial charge < -0.3 is 10.0 Å². The molecule has 1 aromatic rings. The van der Waals surface area contributed by atoms with Gasteiger partial charge in [0.1, 0.15) is 6.07 Å². The molecular formula is C12H14N2O. The number of aliphatic hydroxyl groups excluding tert-OH is 1. The summed E-state index contributed by atoms with van der Waals surface area (Å²) in [6, 6.07) is 10.3. The van der Waals surface area contributed by atoms with E-state index < -0.39 is 0 Å². The third kappa shape index (κ3) is 2.11. The third-order valence-electron chi connectivity index (χ3n) is 2.66. The number of nitrogens with zero attached hydrogens (tertiary/aromatic N) is 2. The Morgan fingerprint density at radius 3 is 2.73 bits per heavy atom. The van der Waals surface area contributed by atoms with Gasteiger partial charge in [-0.3, -0.25) is 0 Å². The molecule has 15 heavy (non-hydrogen) atoms. The Kier molecular flexibility index (Phi) is 2.89. The molecule has 0 aliphatic heterocycles. The number of anilines is 1. The molecule has 0 spiro atoms. The Morgan fingerprint density at radius 1 is 1.40 bits per heavy atom. The second kappa shape index (κ2) is 4.33. The van der Waals surface area contributed by atoms with Crippen LogP contribution >= 0.6 is 0 Å². The van der Waals surface area contributed by atoms with E-state index in [0.717, 1.165) is 5.69 Å². The topological polar surface area (TPSA) is 47.3 Å². The lowest BCUT2D eigenvalue weighted by molar-refractivity contribution is 0.301. The molecule has 1 aliphatic rings. The number of hydrogen-bond donors (Lipinski definition) is 1. The molecule has 1 fully saturated rings. The highest BCUT2D eigenvalue weighted by Crippen LogP contribution is 2.32. The highest BCUT2D eigenvalue weighted by Gasteiger charge is 2.29. The summed E-state index contributed by atoms with van der Waals surface area (Å²) in [4.78, 5) is 2.14. The lowest BCUT2D eigenvalue weighted by Gasteiger charge is -2.24. The lowest BCUT2D eigenvalue weighted by Crippen LogP contribution is -2.29. The monoisotopic (exact) mass is 202 g/mol. The zero-order chi connectivity index (χ0) is 10.7. The summed E-state index contributed by atoms with van der Waals surface area (Å²) in [7, 11) is 0. The van der Waals surface area contributed by atoms with Gasteiger partial charge in [0.15, 0.2) is 0 Å². The molecule has 2 rings (SSSR count). The zero-order valence-electron chi connectivity index (χ0n) is 8.56. The van der Waals surface area contributed by atoms with Crippen molar-refractivity contribution in [2.45, 2.75) is 18.9 Å². The van der Waals surface area contributed by atoms with E-state index in [0.29, 0.717) is 18.2 Å². The summed E-state index contributed by atoms with van der Waals surface area (Å²) in [5.74, 6) is 0. The molecular weight excluding hydrogens is 188 g/mol. The molecule has 3 nitrogen and oxygen atoms in total. The second-order valence-corrected chi connectivity index (χ2v) is 3.78. The predicted octanol–water partition coefficient (Wildman–Crippen LogP) is 1.52. The van der Waals surface area contributed by atoms with E-state index >= 15 is 0 Å². The smallest absolute Gasteiger partial charge is 0.101 e. The summed E-state index contributed by atoms with van der Waals surface area (Å²) < 4.78 is 0. The summed E-state index contributed by atoms with van der Waals surface area (Å²) in [5.41, 5.74) is 1.65. The van der Waals surface area contributed by atoms with Gasteiger partial charge >= 0.3 is 0 Å². The Hall–Kier alpha value is -1.53. The number of aliphatic hydroxyl groups is 1. The molecule has 0 atom stereocenters. The van der Waals surface area contributed by atoms with Crippen molar-refractivity contribution in [3.8, 4) is 6.07 Å². The van der Waals surface area contributed by atoms with Crippen LogP contribution in [0.25, 0.3) is 0 Å². The highest BCUT2D eigenvalue weighted by atomic mass is 16.3. The van der Waals surface area contributed by atoms with Crippen molar-refractivity contribution in [3.05, 3.63) is 29.8 Å². The molecule has 3 heteroatoms. The average Bonchev–Trinajstić information content (AvgIpc) is 3.10. The number of benzene rings is 1. The van der Waals surface area contributed by atoms with Gasteiger partial charge in [-0.1, -0.05) is 12.1 Å². The maximum Gasteiger partial charge on any atom is 0.101 e. The van der Waals surface area contributed by atoms with E-state index in [-0.39, 0.29) is 6.61 Å². The minimum atomic E-state index is 0.135. The summed E-state index contributed by atoms with van der Waals surface area (Å²) in [6.07, 6.45) is 2.33. The van der Waals surface area contributed by atoms with Crippen LogP contribution in [0.5, 0.6) is 0 Å². The number of rotatable bonds is 4. The molecule has 1 N–H and O–H groups in total. The van der Waals surface area contributed by atoms with Gasteiger partial charge in [0.25, 0.3) is 0 Å². The van der Waals surface area contributed by atoms with E-state index in [4.69, 9.17) is 10.4 Å². The van der Waals surface area contributed by atoms with E-state index in [1.54, 1.807) is 0 Å². The molecule has 0 unspecified atom stereocenters. The normalized spacial score (nSPS) is 14.7. The minimum absolute atomic E-state index is 0.135. The summed E-state index contributed by atoms with van der Waals surface area (Å²) in [6.45, 7) is 0.750. The van der Waals surface area contributed by atoms with Gasteiger partial charge in [-0.15, -0.1) is 0 Å². The van der Waals surface area contributed by atoms with Crippen molar-refractivity contribution < 1.29 is 5.11 Å². The van der Waals surface area contributed by atoms with Gasteiger partial charge in [0.05, 0.1) is 17.9 Å². The Bertz CT molecular complexity index is 379. The van der Waals surface area contributed by atoms with Crippen molar-refractivity contribution in [1.29, 1.82) is 5.26 Å². The van der Waals surface area contributed by atoms with Crippen molar-refractivity contribution in [3.63, 3.8) is 0 Å². The first-order valence-electron chi connectivity index (χ1n) is 5.23. The molecule has 0 aromatic heterocycles. The fourth-order valence-electron chi connectivity index (χ4n) is 1.81. The average molecular weight is 202 g/mol. The van der Waals surface area contributed by atoms with Crippen molar-refractivity contribution in [2.24, 2.45) is 0 Å². The Balaban J connectivity index is 2.28. The zero-order valence-corrected chi connectivity index (χ0v) is 8.56. The van der Waals surface area contributed by atoms with Crippen molar-refractivity contribution in [2.75, 3.05) is 18.1 Å². The largest absolute Gasteiger partial charge is 0.395 e. The van der Waals surface area contributed by atoms with Crippen LogP contribution < -0.4 is 4.90 Å². The standard InChI is InChI=1S/C12H14N2O/c13-9-10-3-1-2-4-12(10)14(7-8-15)11-5-6-11/h1-4,11,15H,5-8H2. The van der Waals surface area contributed by atoms with Gasteiger partial charge in [0.2, 0.25) is 0 Å². The van der Waals surface area contributed by atoms with Gasteiger partial charge in [0, 0.05) is 12.6 Å². The quantitative estimate of drug-likeness (QED) is 0.805. The highest BCUT2D eigenvalue weighted by molar-refractivity contribution is 5.60. The van der Waals surface area contributed by atoms with Crippen molar-refractivity contribution in [1.82, 2.24) is 0 Å². The van der Waals surface area contributed by atoms with Crippen LogP contribution in [0.2, 0.25) is 0 Å². The third-order valence-corrected chi connectivity index (χ3v) is 2.66. The van der Waals surface area contributed by atoms with Crippen LogP contribution in [0, 0.1) is 11.3 Å². The number of para-hydroxylation sites is 1. The number of nitriles is 1. The van der Waals surface area contributed by atoms with Crippen LogP contribution in [0.4, 0.5) is 5.69 Å². The molecule has 1 saturated carbocycles. The minimum Gasteiger partial charge on any atom is -0.395 e. The first kappa shape index (κ1) is 10.0. The molecule has 0 bridgehead atoms. The first-order valence-corrected chi connectivity index (χ1v) is 5.23. The molecule has 1 aliphatic carbocycles. The van der Waals surface area contributed by atoms with Crippen LogP contribution in [-0.4, -0.2) is 24.3 Å². The van der Waals surface area contributed by atoms with Gasteiger partial charge in [-0.2, -0.15) is 5.26 Å². The van der Waals surface area contributed by atoms with Crippen LogP contribution in [-0.2, 0) is 0 Å². The van der Waals surface area contributed by atoms with E-state index in [9.17, 15) is 0 Å². The molecule has 0 saturated heterocycles. The van der Waals surface area contributed by atoms with Gasteiger partial charge in [-0.25, -0.2) is 0 Å². The van der Waals surface area contributed by atoms with E-state index in [1.165, 1.54) is 12.8 Å². The Morgan fingerprint density at radius 2 is 2.13 bits per heavy atom. The molecule has 0 radical (unpaired) electrons. The molecule has 1 aromatic carbocycles. The van der Waals surface area contributed by atoms with Crippen LogP contribution in [0.1, 0.15) is 18.4 Å². The molecule has 78 valence electrons. The van der Waals surface area contributed by atoms with E-state index in [2.05, 4.69) is 11.0 Å². The number of hydrogen-bond acceptors (Lipinski definition) is 3. The first-order chi connectivity index (χ1) is 7.36. The molecule has 0 amide bonds. The Labute approximate surface area is 89.6 Å². The lowest BCUT2D eigenvalue weighted by atomic mass is 10.1. The summed E-state index contributed by atoms with van der Waals surface area (Å²) >= 11 is 0. The SMILES string of the molecule is N#Cc1ccccc1N(CCO)C1CC1. The summed E-state index contributed by atoms with van der Waals surface area (Å²) in [5, 5.41) is 18.0. The predicted molar refractivity (Wildman–Crippen MR) is 58.6 cm³/mol. The fourth-order valence-corrected chi connectivity index (χ4v) is 1.81. The van der Waals surface area contributed by atoms with Crippen molar-refractivity contribution >= 4 is 5.69 Å². The maximum absolute atomic E-state index is 9.01. The maximum atomic E-state index is 9.01.